The number of imidazole rings is 1. The molecule has 4 nitrogen and oxygen atoms in total. The van der Waals surface area contributed by atoms with Crippen LogP contribution in [0.4, 0.5) is 0 Å². The minimum Gasteiger partial charge on any atom is -0.486 e. The fourth-order valence-corrected chi connectivity index (χ4v) is 2.19. The first-order chi connectivity index (χ1) is 8.86. The number of aryl methyl sites for hydroxylation is 1. The summed E-state index contributed by atoms with van der Waals surface area (Å²) in [6.45, 7) is 3.62. The standard InChI is InChI=1S/C14H16N2O2/c1-2-16-8-7-15-14(16)9-11-10-17-12-5-3-4-6-13(12)18-11/h3-8,11H,2,9-10H2,1H3/t11-/m0/s1. The molecule has 0 radical (unpaired) electrons. The predicted molar refractivity (Wildman–Crippen MR) is 68.0 cm³/mol. The molecule has 0 unspecified atom stereocenters. The molecule has 0 N–H and O–H groups in total. The van der Waals surface area contributed by atoms with E-state index < -0.39 is 0 Å². The molecule has 0 amide bonds. The highest BCUT2D eigenvalue weighted by Crippen LogP contribution is 2.31. The molecule has 0 aliphatic carbocycles. The SMILES string of the molecule is CCn1ccnc1C[C@H]1COc2ccccc2O1. The number of hydrogen-bond acceptors (Lipinski definition) is 3. The van der Waals surface area contributed by atoms with Gasteiger partial charge in [0.05, 0.1) is 0 Å². The summed E-state index contributed by atoms with van der Waals surface area (Å²) in [4.78, 5) is 4.36. The largest absolute Gasteiger partial charge is 0.486 e. The van der Waals surface area contributed by atoms with Crippen molar-refractivity contribution in [3.8, 4) is 11.5 Å². The molecule has 3 rings (SSSR count). The molecule has 1 aliphatic heterocycles. The summed E-state index contributed by atoms with van der Waals surface area (Å²) >= 11 is 0. The first-order valence-electron chi connectivity index (χ1n) is 6.25. The lowest BCUT2D eigenvalue weighted by Crippen LogP contribution is -2.32. The minimum absolute atomic E-state index is 0.0348. The number of para-hydroxylation sites is 2. The number of benzene rings is 1. The molecule has 2 aromatic rings. The molecular weight excluding hydrogens is 228 g/mol. The van der Waals surface area contributed by atoms with Gasteiger partial charge in [-0.25, -0.2) is 4.98 Å². The van der Waals surface area contributed by atoms with Gasteiger partial charge in [-0.1, -0.05) is 12.1 Å². The van der Waals surface area contributed by atoms with Gasteiger partial charge < -0.3 is 14.0 Å². The van der Waals surface area contributed by atoms with Crippen LogP contribution in [0, 0.1) is 0 Å². The molecule has 0 saturated carbocycles. The van der Waals surface area contributed by atoms with Crippen LogP contribution in [-0.4, -0.2) is 22.3 Å². The second-order valence-electron chi connectivity index (χ2n) is 4.33. The van der Waals surface area contributed by atoms with Gasteiger partial charge in [-0.3, -0.25) is 0 Å². The van der Waals surface area contributed by atoms with E-state index in [9.17, 15) is 0 Å². The molecule has 4 heteroatoms. The third-order valence-electron chi connectivity index (χ3n) is 3.12. The fourth-order valence-electron chi connectivity index (χ4n) is 2.19. The molecule has 2 heterocycles. The van der Waals surface area contributed by atoms with Crippen LogP contribution in [0.25, 0.3) is 0 Å². The van der Waals surface area contributed by atoms with Crippen molar-refractivity contribution in [1.82, 2.24) is 9.55 Å². The van der Waals surface area contributed by atoms with Gasteiger partial charge >= 0.3 is 0 Å². The Hall–Kier alpha value is -1.97. The summed E-state index contributed by atoms with van der Waals surface area (Å²) < 4.78 is 13.8. The van der Waals surface area contributed by atoms with E-state index >= 15 is 0 Å². The molecule has 0 bridgehead atoms. The predicted octanol–water partition coefficient (Wildman–Crippen LogP) is 2.29. The second kappa shape index (κ2) is 4.72. The molecule has 94 valence electrons. The van der Waals surface area contributed by atoms with E-state index in [4.69, 9.17) is 9.47 Å². The van der Waals surface area contributed by atoms with Crippen LogP contribution in [-0.2, 0) is 13.0 Å². The second-order valence-corrected chi connectivity index (χ2v) is 4.33. The van der Waals surface area contributed by atoms with E-state index in [1.807, 2.05) is 36.7 Å². The van der Waals surface area contributed by atoms with Gasteiger partial charge in [0.25, 0.3) is 0 Å². The van der Waals surface area contributed by atoms with Crippen LogP contribution < -0.4 is 9.47 Å². The number of ether oxygens (including phenoxy) is 2. The van der Waals surface area contributed by atoms with Crippen molar-refractivity contribution in [2.75, 3.05) is 6.61 Å². The molecule has 0 saturated heterocycles. The van der Waals surface area contributed by atoms with Crippen LogP contribution in [0.2, 0.25) is 0 Å². The summed E-state index contributed by atoms with van der Waals surface area (Å²) in [5.41, 5.74) is 0. The van der Waals surface area contributed by atoms with Gasteiger partial charge in [0.15, 0.2) is 11.5 Å². The summed E-state index contributed by atoms with van der Waals surface area (Å²) in [6, 6.07) is 7.77. The Kier molecular flexibility index (Phi) is 2.92. The van der Waals surface area contributed by atoms with E-state index in [-0.39, 0.29) is 6.10 Å². The molecular formula is C14H16N2O2. The van der Waals surface area contributed by atoms with Gasteiger partial charge in [-0.05, 0) is 19.1 Å². The van der Waals surface area contributed by atoms with E-state index in [1.165, 1.54) is 0 Å². The molecule has 0 spiro atoms. The maximum absolute atomic E-state index is 5.93. The Bertz CT molecular complexity index is 536. The Morgan fingerprint density at radius 1 is 1.33 bits per heavy atom. The lowest BCUT2D eigenvalue weighted by molar-refractivity contribution is 0.0892. The van der Waals surface area contributed by atoms with Crippen LogP contribution in [0.5, 0.6) is 11.5 Å². The maximum atomic E-state index is 5.93. The zero-order chi connectivity index (χ0) is 12.4. The monoisotopic (exact) mass is 244 g/mol. The number of aromatic nitrogens is 2. The topological polar surface area (TPSA) is 36.3 Å². The Morgan fingerprint density at radius 3 is 3.00 bits per heavy atom. The third kappa shape index (κ3) is 2.06. The van der Waals surface area contributed by atoms with Crippen molar-refractivity contribution in [3.63, 3.8) is 0 Å². The normalized spacial score (nSPS) is 17.7. The van der Waals surface area contributed by atoms with Gasteiger partial charge in [-0.2, -0.15) is 0 Å². The first kappa shape index (κ1) is 11.1. The zero-order valence-electron chi connectivity index (χ0n) is 10.4. The number of fused-ring (bicyclic) bond motifs is 1. The Balaban J connectivity index is 1.73. The molecule has 0 fully saturated rings. The number of hydrogen-bond donors (Lipinski definition) is 0. The van der Waals surface area contributed by atoms with Crippen molar-refractivity contribution in [1.29, 1.82) is 0 Å². The summed E-state index contributed by atoms with van der Waals surface area (Å²) in [6.07, 6.45) is 4.63. The summed E-state index contributed by atoms with van der Waals surface area (Å²) in [5, 5.41) is 0. The molecule has 18 heavy (non-hydrogen) atoms. The van der Waals surface area contributed by atoms with Crippen molar-refractivity contribution >= 4 is 0 Å². The average molecular weight is 244 g/mol. The average Bonchev–Trinajstić information content (AvgIpc) is 2.86. The fraction of sp³-hybridized carbons (Fsp3) is 0.357. The van der Waals surface area contributed by atoms with Crippen molar-refractivity contribution in [2.45, 2.75) is 26.0 Å². The summed E-state index contributed by atoms with van der Waals surface area (Å²) in [5.74, 6) is 2.70. The van der Waals surface area contributed by atoms with E-state index in [1.54, 1.807) is 0 Å². The molecule has 1 atom stereocenters. The van der Waals surface area contributed by atoms with Gasteiger partial charge in [0.1, 0.15) is 18.5 Å². The smallest absolute Gasteiger partial charge is 0.161 e. The van der Waals surface area contributed by atoms with Gasteiger partial charge in [-0.15, -0.1) is 0 Å². The lowest BCUT2D eigenvalue weighted by Gasteiger charge is -2.26. The molecule has 1 aliphatic rings. The maximum Gasteiger partial charge on any atom is 0.161 e. The Labute approximate surface area is 106 Å². The highest BCUT2D eigenvalue weighted by molar-refractivity contribution is 5.40. The van der Waals surface area contributed by atoms with Gasteiger partial charge in [0, 0.05) is 25.4 Å². The number of nitrogens with zero attached hydrogens (tertiary/aromatic N) is 2. The third-order valence-corrected chi connectivity index (χ3v) is 3.12. The summed E-state index contributed by atoms with van der Waals surface area (Å²) in [7, 11) is 0. The van der Waals surface area contributed by atoms with Crippen molar-refractivity contribution in [3.05, 3.63) is 42.5 Å². The van der Waals surface area contributed by atoms with E-state index in [2.05, 4.69) is 16.5 Å². The molecule has 1 aromatic carbocycles. The lowest BCUT2D eigenvalue weighted by atomic mass is 10.2. The van der Waals surface area contributed by atoms with Gasteiger partial charge in [0.2, 0.25) is 0 Å². The first-order valence-corrected chi connectivity index (χ1v) is 6.25. The van der Waals surface area contributed by atoms with Crippen LogP contribution in [0.15, 0.2) is 36.7 Å². The van der Waals surface area contributed by atoms with Crippen molar-refractivity contribution < 1.29 is 9.47 Å². The number of rotatable bonds is 3. The van der Waals surface area contributed by atoms with Crippen LogP contribution >= 0.6 is 0 Å². The van der Waals surface area contributed by atoms with Crippen LogP contribution in [0.1, 0.15) is 12.7 Å². The minimum atomic E-state index is 0.0348. The van der Waals surface area contributed by atoms with E-state index in [0.29, 0.717) is 6.61 Å². The van der Waals surface area contributed by atoms with Crippen LogP contribution in [0.3, 0.4) is 0 Å². The Morgan fingerprint density at radius 2 is 2.17 bits per heavy atom. The molecule has 1 aromatic heterocycles. The quantitative estimate of drug-likeness (QED) is 0.831. The zero-order valence-corrected chi connectivity index (χ0v) is 10.4. The highest BCUT2D eigenvalue weighted by atomic mass is 16.6. The van der Waals surface area contributed by atoms with E-state index in [0.717, 1.165) is 30.3 Å². The highest BCUT2D eigenvalue weighted by Gasteiger charge is 2.22. The van der Waals surface area contributed by atoms with Crippen molar-refractivity contribution in [2.24, 2.45) is 0 Å².